The van der Waals surface area contributed by atoms with Crippen molar-refractivity contribution in [3.8, 4) is 0 Å². The smallest absolute Gasteiger partial charge is 0.0700 e. The zero-order chi connectivity index (χ0) is 91.5. The number of rotatable bonds is 104. The Labute approximate surface area is 907 Å². The molecule has 0 saturated carbocycles. The Morgan fingerprint density at radius 1 is 0.161 bits per heavy atom. The normalized spacial score (nSPS) is 12.0. The van der Waals surface area contributed by atoms with Crippen LogP contribution in [0.5, 0.6) is 0 Å². The van der Waals surface area contributed by atoms with Crippen LogP contribution in [-0.4, -0.2) is 386 Å². The van der Waals surface area contributed by atoms with Gasteiger partial charge in [0.15, 0.2) is 0 Å². The largest absolute Gasteiger partial charge is 0.390 e. The molecule has 0 aliphatic heterocycles. The highest BCUT2D eigenvalue weighted by atomic mass is 32.2. The lowest BCUT2D eigenvalue weighted by Gasteiger charge is -2.30. The fourth-order valence-corrected chi connectivity index (χ4v) is 32.7. The first-order valence-electron chi connectivity index (χ1n) is 45.3. The molecule has 0 spiro atoms. The third-order valence-electron chi connectivity index (χ3n) is 17.3. The van der Waals surface area contributed by atoms with Gasteiger partial charge in [-0.25, -0.2) is 0 Å². The first kappa shape index (κ1) is 140. The third-order valence-corrected chi connectivity index (χ3v) is 45.0. The molecule has 0 unspecified atom stereocenters. The second kappa shape index (κ2) is 122. The molecule has 752 valence electrons. The van der Waals surface area contributed by atoms with Gasteiger partial charge in [-0.1, -0.05) is 0 Å². The highest BCUT2D eigenvalue weighted by Gasteiger charge is 2.26. The molecule has 0 saturated heterocycles. The molecule has 8 nitrogen and oxygen atoms in total. The van der Waals surface area contributed by atoms with Gasteiger partial charge in [-0.15, -0.1) is 0 Å². The van der Waals surface area contributed by atoms with E-state index in [0.29, 0.717) is 39.6 Å². The fraction of sp³-hybridized carbons (Fsp3) is 1.00. The average Bonchev–Trinajstić information content (AvgIpc) is 0.896. The Morgan fingerprint density at radius 2 is 0.315 bits per heavy atom. The van der Waals surface area contributed by atoms with Gasteiger partial charge in [0.05, 0.1) is 75.3 Å². The first-order chi connectivity index (χ1) is 60.6. The Morgan fingerprint density at radius 3 is 0.508 bits per heavy atom. The summed E-state index contributed by atoms with van der Waals surface area (Å²) in [7, 11) is 0. The molecule has 0 bridgehead atoms. The van der Waals surface area contributed by atoms with Gasteiger partial charge < -0.3 is 38.6 Å². The fourth-order valence-electron chi connectivity index (χ4n) is 10.9. The maximum Gasteiger partial charge on any atom is 0.0700 e. The van der Waals surface area contributed by atoms with Gasteiger partial charge in [-0.05, 0) is 247 Å². The Kier molecular flexibility index (Phi) is 138. The van der Waals surface area contributed by atoms with E-state index in [4.69, 9.17) is 28.4 Å². The van der Waals surface area contributed by atoms with Gasteiger partial charge >= 0.3 is 0 Å². The Hall–Kier alpha value is 10.2. The van der Waals surface area contributed by atoms with Crippen molar-refractivity contribution in [2.45, 2.75) is 166 Å². The zero-order valence-corrected chi connectivity index (χ0v) is 102. The van der Waals surface area contributed by atoms with Crippen molar-refractivity contribution in [2.24, 2.45) is 0 Å². The predicted molar refractivity (Wildman–Crippen MR) is 661 cm³/mol. The van der Waals surface area contributed by atoms with Crippen molar-refractivity contribution < 1.29 is 38.6 Å². The maximum atomic E-state index is 10.6. The molecule has 0 amide bonds. The standard InChI is InChI=1S/C29H60OS12.C20H42O5S4.C20H42OS8.C17H36OS6/c1-29(5-2-11-34-17-23-40-26-20-37-14-8-31,6-3-12-35-18-24-41-27-21-38-15-9-32)30-7-4-13-36-19-25-42-28-22-39-16-10-33;1-20(21,4-2-16-28-18-12-24-8-6-22-10-14-26)5-3-17-29-19-13-25-9-7-23-11-15-27;1-20(21,4-2-8-24-12-16-28-18-14-26-10-6-22)5-3-9-25-13-17-29-19-15-27-11-7-23;1-17(5-2-11-22-14-8-19,6-3-12-23-15-9-20)18-7-4-13-24-16-10-21/h31-33H,2-28H2,1H3;21,26-27H,2-19H2,1H3;21-23H,2-19H2,1H3;19-21H,2-16H2,1H3. The molecule has 0 radical (unpaired) electrons. The summed E-state index contributed by atoms with van der Waals surface area (Å²) in [6, 6.07) is 0. The van der Waals surface area contributed by atoms with Crippen molar-refractivity contribution in [2.75, 3.05) is 354 Å². The van der Waals surface area contributed by atoms with E-state index in [9.17, 15) is 10.2 Å². The zero-order valence-electron chi connectivity index (χ0n) is 77.1. The number of hydrogen-bond donors (Lipinski definition) is 12. The lowest BCUT2D eigenvalue weighted by molar-refractivity contribution is -0.0437. The topological polar surface area (TPSA) is 95.8 Å². The number of hydrogen-bond acceptors (Lipinski definition) is 38. The van der Waals surface area contributed by atoms with Crippen LogP contribution in [0.4, 0.5) is 0 Å². The summed E-state index contributed by atoms with van der Waals surface area (Å²) in [5, 5.41) is 21.1. The van der Waals surface area contributed by atoms with Gasteiger partial charge in [-0.2, -0.15) is 362 Å². The van der Waals surface area contributed by atoms with E-state index >= 15 is 0 Å². The van der Waals surface area contributed by atoms with Crippen LogP contribution in [0.1, 0.15) is 143 Å². The minimum absolute atomic E-state index is 0.0459. The second-order valence-electron chi connectivity index (χ2n) is 29.1. The molecule has 0 atom stereocenters. The molecule has 0 rings (SSSR count). The minimum atomic E-state index is -0.553. The van der Waals surface area contributed by atoms with E-state index in [1.54, 1.807) is 0 Å². The van der Waals surface area contributed by atoms with Gasteiger partial charge in [0.1, 0.15) is 0 Å². The molecule has 0 aliphatic carbocycles. The van der Waals surface area contributed by atoms with Gasteiger partial charge in [0.25, 0.3) is 0 Å². The summed E-state index contributed by atoms with van der Waals surface area (Å²) in [6.45, 7) is 16.0. The van der Waals surface area contributed by atoms with Crippen molar-refractivity contribution in [3.05, 3.63) is 0 Å². The van der Waals surface area contributed by atoms with E-state index < -0.39 is 11.2 Å². The molecular formula is C86H180O8S30. The number of ether oxygens (including phenoxy) is 6. The number of thiol groups is 10. The molecule has 0 heterocycles. The van der Waals surface area contributed by atoms with Crippen molar-refractivity contribution in [3.63, 3.8) is 0 Å². The molecule has 0 aromatic rings. The van der Waals surface area contributed by atoms with Crippen LogP contribution >= 0.6 is 362 Å². The average molecular weight is 2300 g/mol. The van der Waals surface area contributed by atoms with Gasteiger partial charge in [0, 0.05) is 197 Å². The van der Waals surface area contributed by atoms with E-state index in [2.05, 4.69) is 234 Å². The molecule has 38 heteroatoms. The molecule has 0 aromatic carbocycles. The summed E-state index contributed by atoms with van der Waals surface area (Å²) in [4.78, 5) is 0. The third kappa shape index (κ3) is 126. The van der Waals surface area contributed by atoms with E-state index in [1.807, 2.05) is 155 Å². The quantitative estimate of drug-likeness (QED) is 0.0210. The van der Waals surface area contributed by atoms with E-state index in [0.717, 1.165) is 182 Å². The molecule has 124 heavy (non-hydrogen) atoms. The van der Waals surface area contributed by atoms with E-state index in [-0.39, 0.29) is 11.2 Å². The molecule has 0 fully saturated rings. The SMILES string of the molecule is CC(CCCSCCS)(CCCSCCS)OCCCSCCS.CC(CCCSCCSCCSCCS)(CCCSCCSCCSCCS)OCCCSCCSCCSCCS.CC(O)(CCCSCCOCCOCCS)CCCSCCOCCOCCS.CC(O)(CCCSCCSCCSCCS)CCCSCCSCCSCCS. The molecular weight excluding hydrogens is 2120 g/mol. The maximum absolute atomic E-state index is 10.6. The Bertz CT molecular complexity index is 1760. The van der Waals surface area contributed by atoms with Crippen LogP contribution in [0.2, 0.25) is 0 Å². The number of aliphatic hydroxyl groups is 2. The van der Waals surface area contributed by atoms with Crippen molar-refractivity contribution in [1.29, 1.82) is 0 Å². The van der Waals surface area contributed by atoms with Crippen LogP contribution in [0.15, 0.2) is 0 Å². The number of thioether (sulfide) groups is 20. The summed E-state index contributed by atoms with van der Waals surface area (Å²) in [5.74, 6) is 58.0. The summed E-state index contributed by atoms with van der Waals surface area (Å²) < 4.78 is 34.6. The highest BCUT2D eigenvalue weighted by molar-refractivity contribution is 8.07. The summed E-state index contributed by atoms with van der Waals surface area (Å²) in [5.41, 5.74) is -0.927. The molecule has 0 aromatic heterocycles. The Balaban J connectivity index is -0.000000792. The van der Waals surface area contributed by atoms with Crippen LogP contribution in [-0.2, 0) is 28.4 Å². The van der Waals surface area contributed by atoms with E-state index in [1.165, 1.54) is 248 Å². The second-order valence-corrected chi connectivity index (χ2v) is 58.0. The monoisotopic (exact) mass is 2300 g/mol. The van der Waals surface area contributed by atoms with Crippen LogP contribution in [0.25, 0.3) is 0 Å². The van der Waals surface area contributed by atoms with Gasteiger partial charge in [0.2, 0.25) is 0 Å². The molecule has 0 aliphatic rings. The van der Waals surface area contributed by atoms with Crippen LogP contribution in [0, 0.1) is 0 Å². The lowest BCUT2D eigenvalue weighted by Crippen LogP contribution is -2.30. The van der Waals surface area contributed by atoms with Crippen molar-refractivity contribution in [1.82, 2.24) is 0 Å². The van der Waals surface area contributed by atoms with Crippen LogP contribution < -0.4 is 0 Å². The molecule has 2 N–H and O–H groups in total. The lowest BCUT2D eigenvalue weighted by atomic mass is 9.94. The van der Waals surface area contributed by atoms with Crippen molar-refractivity contribution >= 4 is 362 Å². The summed E-state index contributed by atoms with van der Waals surface area (Å²) in [6.07, 6.45) is 20.1. The highest BCUT2D eigenvalue weighted by Crippen LogP contribution is 2.31. The van der Waals surface area contributed by atoms with Gasteiger partial charge in [-0.3, -0.25) is 0 Å². The minimum Gasteiger partial charge on any atom is -0.390 e. The van der Waals surface area contributed by atoms with Crippen LogP contribution in [0.3, 0.4) is 0 Å². The first-order valence-corrected chi connectivity index (χ1v) is 74.7. The summed E-state index contributed by atoms with van der Waals surface area (Å²) >= 11 is 83.1. The predicted octanol–water partition coefficient (Wildman–Crippen LogP) is 26.0.